The molecule has 0 aliphatic rings. The summed E-state index contributed by atoms with van der Waals surface area (Å²) in [6, 6.07) is 9.65. The fourth-order valence-electron chi connectivity index (χ4n) is 2.28. The van der Waals surface area contributed by atoms with Gasteiger partial charge in [-0.05, 0) is 30.2 Å². The van der Waals surface area contributed by atoms with E-state index in [-0.39, 0.29) is 5.78 Å². The first-order chi connectivity index (χ1) is 8.70. The van der Waals surface area contributed by atoms with Gasteiger partial charge in [-0.2, -0.15) is 0 Å². The van der Waals surface area contributed by atoms with Gasteiger partial charge in [0.05, 0.1) is 5.52 Å². The SMILES string of the molecule is CCCC(C)CC(=O)c1ccc2ncccc2c1. The van der Waals surface area contributed by atoms with Crippen molar-refractivity contribution < 1.29 is 4.79 Å². The maximum atomic E-state index is 12.2. The number of carbonyl (C=O) groups is 1. The van der Waals surface area contributed by atoms with Crippen molar-refractivity contribution in [1.29, 1.82) is 0 Å². The van der Waals surface area contributed by atoms with Crippen LogP contribution in [0, 0.1) is 5.92 Å². The van der Waals surface area contributed by atoms with E-state index in [4.69, 9.17) is 0 Å². The van der Waals surface area contributed by atoms with Crippen LogP contribution in [0.15, 0.2) is 36.5 Å². The zero-order valence-electron chi connectivity index (χ0n) is 11.0. The first-order valence-electron chi connectivity index (χ1n) is 6.58. The van der Waals surface area contributed by atoms with Gasteiger partial charge in [0.15, 0.2) is 5.78 Å². The van der Waals surface area contributed by atoms with Crippen LogP contribution >= 0.6 is 0 Å². The second-order valence-corrected chi connectivity index (χ2v) is 4.93. The number of rotatable bonds is 5. The third kappa shape index (κ3) is 2.95. The maximum absolute atomic E-state index is 12.2. The molecule has 1 aromatic carbocycles. The zero-order valence-corrected chi connectivity index (χ0v) is 11.0. The predicted molar refractivity (Wildman–Crippen MR) is 74.8 cm³/mol. The molecule has 0 amide bonds. The molecule has 0 spiro atoms. The summed E-state index contributed by atoms with van der Waals surface area (Å²) in [5, 5.41) is 1.03. The van der Waals surface area contributed by atoms with Gasteiger partial charge in [0.25, 0.3) is 0 Å². The Bertz CT molecular complexity index is 548. The summed E-state index contributed by atoms with van der Waals surface area (Å²) in [4.78, 5) is 16.4. The lowest BCUT2D eigenvalue weighted by atomic mass is 9.95. The molecule has 1 unspecified atom stereocenters. The summed E-state index contributed by atoms with van der Waals surface area (Å²) < 4.78 is 0. The average molecular weight is 241 g/mol. The molecule has 0 saturated carbocycles. The Morgan fingerprint density at radius 2 is 2.17 bits per heavy atom. The van der Waals surface area contributed by atoms with Gasteiger partial charge >= 0.3 is 0 Å². The second kappa shape index (κ2) is 5.76. The van der Waals surface area contributed by atoms with E-state index in [0.717, 1.165) is 29.3 Å². The molecule has 18 heavy (non-hydrogen) atoms. The first-order valence-corrected chi connectivity index (χ1v) is 6.58. The van der Waals surface area contributed by atoms with Crippen LogP contribution in [0.5, 0.6) is 0 Å². The van der Waals surface area contributed by atoms with Crippen molar-refractivity contribution in [2.45, 2.75) is 33.1 Å². The van der Waals surface area contributed by atoms with Crippen molar-refractivity contribution in [3.63, 3.8) is 0 Å². The highest BCUT2D eigenvalue weighted by molar-refractivity contribution is 5.99. The second-order valence-electron chi connectivity index (χ2n) is 4.93. The molecule has 0 saturated heterocycles. The average Bonchev–Trinajstić information content (AvgIpc) is 2.38. The Kier molecular flexibility index (Phi) is 4.08. The molecule has 1 aromatic heterocycles. The van der Waals surface area contributed by atoms with E-state index in [1.807, 2.05) is 30.3 Å². The monoisotopic (exact) mass is 241 g/mol. The van der Waals surface area contributed by atoms with Crippen LogP contribution in [0.2, 0.25) is 0 Å². The quantitative estimate of drug-likeness (QED) is 0.733. The number of fused-ring (bicyclic) bond motifs is 1. The van der Waals surface area contributed by atoms with Crippen molar-refractivity contribution in [3.05, 3.63) is 42.1 Å². The largest absolute Gasteiger partial charge is 0.294 e. The van der Waals surface area contributed by atoms with Gasteiger partial charge in [0, 0.05) is 23.6 Å². The highest BCUT2D eigenvalue weighted by Gasteiger charge is 2.11. The molecular formula is C16H19NO. The number of benzene rings is 1. The number of nitrogens with zero attached hydrogens (tertiary/aromatic N) is 1. The normalized spacial score (nSPS) is 12.6. The number of hydrogen-bond donors (Lipinski definition) is 0. The number of hydrogen-bond acceptors (Lipinski definition) is 2. The van der Waals surface area contributed by atoms with Crippen molar-refractivity contribution >= 4 is 16.7 Å². The van der Waals surface area contributed by atoms with Crippen molar-refractivity contribution in [2.75, 3.05) is 0 Å². The lowest BCUT2D eigenvalue weighted by Crippen LogP contribution is -2.06. The van der Waals surface area contributed by atoms with Crippen molar-refractivity contribution in [1.82, 2.24) is 4.98 Å². The minimum Gasteiger partial charge on any atom is -0.294 e. The molecule has 0 aliphatic heterocycles. The Morgan fingerprint density at radius 3 is 2.94 bits per heavy atom. The van der Waals surface area contributed by atoms with E-state index in [9.17, 15) is 4.79 Å². The van der Waals surface area contributed by atoms with Crippen molar-refractivity contribution in [2.24, 2.45) is 5.92 Å². The smallest absolute Gasteiger partial charge is 0.163 e. The highest BCUT2D eigenvalue weighted by Crippen LogP contribution is 2.18. The molecular weight excluding hydrogens is 222 g/mol. The lowest BCUT2D eigenvalue weighted by molar-refractivity contribution is 0.0963. The van der Waals surface area contributed by atoms with Gasteiger partial charge in [-0.1, -0.05) is 32.8 Å². The van der Waals surface area contributed by atoms with Gasteiger partial charge in [-0.15, -0.1) is 0 Å². The van der Waals surface area contributed by atoms with E-state index < -0.39 is 0 Å². The Labute approximate surface area is 108 Å². The topological polar surface area (TPSA) is 30.0 Å². The number of carbonyl (C=O) groups excluding carboxylic acids is 1. The summed E-state index contributed by atoms with van der Waals surface area (Å²) in [5.74, 6) is 0.703. The lowest BCUT2D eigenvalue weighted by Gasteiger charge is -2.09. The van der Waals surface area contributed by atoms with Crippen LogP contribution in [0.4, 0.5) is 0 Å². The van der Waals surface area contributed by atoms with E-state index in [1.165, 1.54) is 0 Å². The Hall–Kier alpha value is -1.70. The fourth-order valence-corrected chi connectivity index (χ4v) is 2.28. The summed E-state index contributed by atoms with van der Waals surface area (Å²) in [5.41, 5.74) is 1.74. The molecule has 94 valence electrons. The molecule has 1 atom stereocenters. The van der Waals surface area contributed by atoms with E-state index in [0.29, 0.717) is 12.3 Å². The van der Waals surface area contributed by atoms with Crippen LogP contribution in [0.1, 0.15) is 43.5 Å². The maximum Gasteiger partial charge on any atom is 0.163 e. The summed E-state index contributed by atoms with van der Waals surface area (Å²) in [6.07, 6.45) is 4.66. The minimum absolute atomic E-state index is 0.238. The van der Waals surface area contributed by atoms with Gasteiger partial charge in [0.2, 0.25) is 0 Å². The van der Waals surface area contributed by atoms with Gasteiger partial charge in [-0.3, -0.25) is 9.78 Å². The van der Waals surface area contributed by atoms with Crippen molar-refractivity contribution in [3.8, 4) is 0 Å². The molecule has 0 aliphatic carbocycles. The molecule has 0 fully saturated rings. The van der Waals surface area contributed by atoms with Gasteiger partial charge < -0.3 is 0 Å². The fraction of sp³-hybridized carbons (Fsp3) is 0.375. The van der Waals surface area contributed by atoms with E-state index in [1.54, 1.807) is 6.20 Å². The molecule has 1 heterocycles. The Balaban J connectivity index is 2.17. The van der Waals surface area contributed by atoms with Crippen LogP contribution in [-0.2, 0) is 0 Å². The summed E-state index contributed by atoms with van der Waals surface area (Å²) in [7, 11) is 0. The van der Waals surface area contributed by atoms with Crippen LogP contribution in [0.3, 0.4) is 0 Å². The van der Waals surface area contributed by atoms with Crippen LogP contribution in [-0.4, -0.2) is 10.8 Å². The zero-order chi connectivity index (χ0) is 13.0. The summed E-state index contributed by atoms with van der Waals surface area (Å²) >= 11 is 0. The molecule has 2 rings (SSSR count). The third-order valence-corrected chi connectivity index (χ3v) is 3.24. The standard InChI is InChI=1S/C16H19NO/c1-3-5-12(2)10-16(18)14-7-8-15-13(11-14)6-4-9-17-15/h4,6-9,11-12H,3,5,10H2,1-2H3. The van der Waals surface area contributed by atoms with Crippen LogP contribution in [0.25, 0.3) is 10.9 Å². The molecule has 2 nitrogen and oxygen atoms in total. The number of Topliss-reactive ketones (excluding diaryl/α,β-unsaturated/α-hetero) is 1. The number of pyridine rings is 1. The van der Waals surface area contributed by atoms with E-state index in [2.05, 4.69) is 18.8 Å². The van der Waals surface area contributed by atoms with E-state index >= 15 is 0 Å². The van der Waals surface area contributed by atoms with Gasteiger partial charge in [0.1, 0.15) is 0 Å². The Morgan fingerprint density at radius 1 is 1.33 bits per heavy atom. The molecule has 2 heteroatoms. The first kappa shape index (κ1) is 12.7. The molecule has 0 N–H and O–H groups in total. The minimum atomic E-state index is 0.238. The third-order valence-electron chi connectivity index (χ3n) is 3.24. The van der Waals surface area contributed by atoms with Gasteiger partial charge in [-0.25, -0.2) is 0 Å². The number of ketones is 1. The predicted octanol–water partition coefficient (Wildman–Crippen LogP) is 4.24. The number of aromatic nitrogens is 1. The summed E-state index contributed by atoms with van der Waals surface area (Å²) in [6.45, 7) is 4.30. The highest BCUT2D eigenvalue weighted by atomic mass is 16.1. The molecule has 2 aromatic rings. The molecule has 0 radical (unpaired) electrons. The molecule has 0 bridgehead atoms. The van der Waals surface area contributed by atoms with Crippen LogP contribution < -0.4 is 0 Å².